The summed E-state index contributed by atoms with van der Waals surface area (Å²) in [6.45, 7) is 4.32. The van der Waals surface area contributed by atoms with Gasteiger partial charge in [-0.05, 0) is 93.3 Å². The number of carbonyl (C=O) groups is 1. The quantitative estimate of drug-likeness (QED) is 0.551. The van der Waals surface area contributed by atoms with Crippen LogP contribution in [0.3, 0.4) is 0 Å². The fraction of sp³-hybridized carbons (Fsp3) is 0.519. The monoisotopic (exact) mass is 493 g/mol. The lowest BCUT2D eigenvalue weighted by molar-refractivity contribution is -0.145. The first kappa shape index (κ1) is 20.7. The summed E-state index contributed by atoms with van der Waals surface area (Å²) in [6.07, 6.45) is 11.5. The van der Waals surface area contributed by atoms with E-state index in [-0.39, 0.29) is 0 Å². The molecule has 1 amide bonds. The van der Waals surface area contributed by atoms with Gasteiger partial charge >= 0.3 is 0 Å². The second-order valence-electron chi connectivity index (χ2n) is 10.1. The summed E-state index contributed by atoms with van der Waals surface area (Å²) in [5.41, 5.74) is 3.37. The van der Waals surface area contributed by atoms with Crippen molar-refractivity contribution in [1.29, 1.82) is 0 Å². The Hall–Kier alpha value is -1.85. The Kier molecular flexibility index (Phi) is 5.50. The summed E-state index contributed by atoms with van der Waals surface area (Å²) < 4.78 is 3.37. The molecule has 1 aromatic heterocycles. The predicted octanol–water partition coefficient (Wildman–Crippen LogP) is 5.18. The van der Waals surface area contributed by atoms with Crippen LogP contribution in [0.1, 0.15) is 49.8 Å². The van der Waals surface area contributed by atoms with Gasteiger partial charge in [-0.25, -0.2) is 0 Å². The van der Waals surface area contributed by atoms with Gasteiger partial charge in [0.05, 0.1) is 0 Å². The summed E-state index contributed by atoms with van der Waals surface area (Å²) in [5, 5.41) is 0. The zero-order valence-corrected chi connectivity index (χ0v) is 20.2. The molecule has 4 atom stereocenters. The van der Waals surface area contributed by atoms with Gasteiger partial charge in [0.15, 0.2) is 0 Å². The van der Waals surface area contributed by atoms with E-state index in [9.17, 15) is 4.79 Å². The molecule has 0 bridgehead atoms. The molecule has 1 aromatic carbocycles. The smallest absolute Gasteiger partial charge is 0.250 e. The summed E-state index contributed by atoms with van der Waals surface area (Å²) in [6, 6.07) is 13.8. The van der Waals surface area contributed by atoms with E-state index in [4.69, 9.17) is 0 Å². The van der Waals surface area contributed by atoms with Crippen molar-refractivity contribution in [3.63, 3.8) is 0 Å². The van der Waals surface area contributed by atoms with Gasteiger partial charge in [-0.2, -0.15) is 0 Å². The van der Waals surface area contributed by atoms with E-state index in [1.165, 1.54) is 44.3 Å². The van der Waals surface area contributed by atoms with Crippen molar-refractivity contribution >= 4 is 27.9 Å². The molecule has 6 rings (SSSR count). The third-order valence-electron chi connectivity index (χ3n) is 8.40. The highest BCUT2D eigenvalue weighted by molar-refractivity contribution is 9.10. The highest BCUT2D eigenvalue weighted by Crippen LogP contribution is 2.45. The molecule has 32 heavy (non-hydrogen) atoms. The van der Waals surface area contributed by atoms with E-state index in [1.54, 1.807) is 0 Å². The molecule has 0 spiro atoms. The second-order valence-corrected chi connectivity index (χ2v) is 11.0. The number of halogens is 1. The number of amides is 1. The molecule has 4 nitrogen and oxygen atoms in total. The lowest BCUT2D eigenvalue weighted by Gasteiger charge is -2.58. The zero-order valence-electron chi connectivity index (χ0n) is 18.6. The van der Waals surface area contributed by atoms with Crippen LogP contribution in [-0.4, -0.2) is 52.0 Å². The number of nitrogens with zero attached hydrogens (tertiary/aromatic N) is 3. The van der Waals surface area contributed by atoms with Crippen LogP contribution in [0.2, 0.25) is 0 Å². The number of rotatable bonds is 3. The summed E-state index contributed by atoms with van der Waals surface area (Å²) in [4.78, 5) is 18.7. The molecule has 2 aromatic rings. The Labute approximate surface area is 199 Å². The molecule has 4 saturated heterocycles. The van der Waals surface area contributed by atoms with Crippen LogP contribution in [0.4, 0.5) is 0 Å². The van der Waals surface area contributed by atoms with Crippen LogP contribution in [0, 0.1) is 11.8 Å². The molecule has 4 fully saturated rings. The first-order valence-corrected chi connectivity index (χ1v) is 13.1. The highest BCUT2D eigenvalue weighted by Gasteiger charge is 2.51. The van der Waals surface area contributed by atoms with Crippen molar-refractivity contribution in [1.82, 2.24) is 14.4 Å². The maximum absolute atomic E-state index is 13.7. The molecule has 168 valence electrons. The summed E-state index contributed by atoms with van der Waals surface area (Å²) >= 11 is 3.67. The van der Waals surface area contributed by atoms with E-state index in [1.807, 2.05) is 6.07 Å². The molecule has 4 aliphatic heterocycles. The Bertz CT molecular complexity index is 1040. The van der Waals surface area contributed by atoms with Gasteiger partial charge in [0, 0.05) is 47.1 Å². The van der Waals surface area contributed by atoms with Crippen molar-refractivity contribution in [3.8, 4) is 0 Å². The van der Waals surface area contributed by atoms with Crippen molar-refractivity contribution in [2.45, 2.75) is 57.2 Å². The van der Waals surface area contributed by atoms with Gasteiger partial charge in [0.1, 0.15) is 0 Å². The Morgan fingerprint density at radius 3 is 2.75 bits per heavy atom. The topological polar surface area (TPSA) is 28.5 Å². The molecule has 0 aliphatic carbocycles. The van der Waals surface area contributed by atoms with Crippen molar-refractivity contribution in [3.05, 3.63) is 63.9 Å². The number of carbonyl (C=O) groups excluding carboxylic acids is 1. The van der Waals surface area contributed by atoms with Crippen molar-refractivity contribution < 1.29 is 4.79 Å². The molecule has 4 aliphatic rings. The number of hydrogen-bond acceptors (Lipinski definition) is 2. The van der Waals surface area contributed by atoms with Crippen molar-refractivity contribution in [2.75, 3.05) is 19.6 Å². The maximum Gasteiger partial charge on any atom is 0.250 e. The second kappa shape index (κ2) is 8.49. The average molecular weight is 494 g/mol. The number of fused-ring (bicyclic) bond motifs is 2. The normalized spacial score (nSPS) is 31.5. The number of hydrogen-bond donors (Lipinski definition) is 0. The fourth-order valence-corrected chi connectivity index (χ4v) is 7.43. The molecule has 0 radical (unpaired) electrons. The van der Waals surface area contributed by atoms with Crippen LogP contribution in [0.25, 0.3) is 6.08 Å². The molecular weight excluding hydrogens is 462 g/mol. The maximum atomic E-state index is 13.7. The van der Waals surface area contributed by atoms with Gasteiger partial charge in [-0.3, -0.25) is 9.69 Å². The van der Waals surface area contributed by atoms with Gasteiger partial charge in [-0.1, -0.05) is 34.1 Å². The molecular formula is C27H32BrN3O. The number of benzene rings is 1. The Balaban J connectivity index is 1.25. The van der Waals surface area contributed by atoms with Crippen LogP contribution < -0.4 is 0 Å². The zero-order chi connectivity index (χ0) is 21.7. The SMILES string of the molecule is O=C1/C(=C/c2cccn2Cc2ccccc2Br)CC[C@@H]2[C@H]3CCCN4CCC[C@@H](CN12)[C@@H]34. The first-order chi connectivity index (χ1) is 15.7. The molecule has 5 heterocycles. The Morgan fingerprint density at radius 2 is 1.88 bits per heavy atom. The molecule has 0 saturated carbocycles. The minimum Gasteiger partial charge on any atom is -0.344 e. The molecule has 0 unspecified atom stereocenters. The van der Waals surface area contributed by atoms with Crippen molar-refractivity contribution in [2.24, 2.45) is 11.8 Å². The fourth-order valence-electron chi connectivity index (χ4n) is 7.02. The standard InChI is InChI=1S/C27H32BrN3O/c28-24-10-2-1-6-20(24)17-30-15-4-8-22(30)16-19-11-12-25-23-9-5-14-29-13-3-7-21(26(23)29)18-31(25)27(19)32/h1-2,4,6,8,10,15-16,21,23,25-26H,3,5,7,9,11-14,17-18H2/b19-16+/t21-,23+,25+,26-/m0/s1. The van der Waals surface area contributed by atoms with Gasteiger partial charge in [0.25, 0.3) is 0 Å². The van der Waals surface area contributed by atoms with E-state index in [0.29, 0.717) is 23.8 Å². The van der Waals surface area contributed by atoms with Crippen LogP contribution in [0.15, 0.2) is 52.6 Å². The largest absolute Gasteiger partial charge is 0.344 e. The predicted molar refractivity (Wildman–Crippen MR) is 131 cm³/mol. The van der Waals surface area contributed by atoms with E-state index in [0.717, 1.165) is 47.7 Å². The summed E-state index contributed by atoms with van der Waals surface area (Å²) in [5.74, 6) is 1.66. The van der Waals surface area contributed by atoms with Crippen LogP contribution >= 0.6 is 15.9 Å². The van der Waals surface area contributed by atoms with E-state index >= 15 is 0 Å². The van der Waals surface area contributed by atoms with Crippen LogP contribution in [0.5, 0.6) is 0 Å². The van der Waals surface area contributed by atoms with Gasteiger partial charge in [-0.15, -0.1) is 0 Å². The van der Waals surface area contributed by atoms with E-state index < -0.39 is 0 Å². The minimum atomic E-state index is 0.302. The lowest BCUT2D eigenvalue weighted by Crippen LogP contribution is -2.66. The van der Waals surface area contributed by atoms with Gasteiger partial charge in [0.2, 0.25) is 5.91 Å². The van der Waals surface area contributed by atoms with E-state index in [2.05, 4.69) is 72.9 Å². The summed E-state index contributed by atoms with van der Waals surface area (Å²) in [7, 11) is 0. The molecule has 5 heteroatoms. The minimum absolute atomic E-state index is 0.302. The highest BCUT2D eigenvalue weighted by atomic mass is 79.9. The van der Waals surface area contributed by atoms with Crippen LogP contribution in [-0.2, 0) is 11.3 Å². The third-order valence-corrected chi connectivity index (χ3v) is 9.18. The molecule has 0 N–H and O–H groups in total. The Morgan fingerprint density at radius 1 is 1.03 bits per heavy atom. The number of piperidine rings is 4. The first-order valence-electron chi connectivity index (χ1n) is 12.3. The van der Waals surface area contributed by atoms with Gasteiger partial charge < -0.3 is 9.47 Å². The lowest BCUT2D eigenvalue weighted by atomic mass is 9.67. The average Bonchev–Trinajstić information content (AvgIpc) is 3.24. The third kappa shape index (κ3) is 3.58. The number of aromatic nitrogens is 1.